The highest BCUT2D eigenvalue weighted by molar-refractivity contribution is 5.93. The Balaban J connectivity index is 1.81. The summed E-state index contributed by atoms with van der Waals surface area (Å²) in [6, 6.07) is 13.9. The van der Waals surface area contributed by atoms with E-state index in [0.717, 1.165) is 5.56 Å². The van der Waals surface area contributed by atoms with E-state index < -0.39 is 18.1 Å². The quantitative estimate of drug-likeness (QED) is 0.698. The van der Waals surface area contributed by atoms with Crippen LogP contribution >= 0.6 is 0 Å². The first-order valence-corrected chi connectivity index (χ1v) is 7.55. The molecule has 0 aliphatic carbocycles. The van der Waals surface area contributed by atoms with Crippen LogP contribution in [-0.4, -0.2) is 29.2 Å². The van der Waals surface area contributed by atoms with Gasteiger partial charge in [-0.2, -0.15) is 0 Å². The van der Waals surface area contributed by atoms with Gasteiger partial charge in [0.05, 0.1) is 12.7 Å². The van der Waals surface area contributed by atoms with Crippen LogP contribution in [-0.2, 0) is 11.2 Å². The van der Waals surface area contributed by atoms with Gasteiger partial charge in [-0.3, -0.25) is 0 Å². The molecule has 0 radical (unpaired) electrons. The number of hydrogen-bond donors (Lipinski definition) is 2. The normalized spacial score (nSPS) is 13.6. The number of fused-ring (bicyclic) bond motifs is 1. The molecule has 1 aromatic heterocycles. The van der Waals surface area contributed by atoms with Crippen LogP contribution in [0.2, 0.25) is 0 Å². The first-order valence-electron chi connectivity index (χ1n) is 7.55. The minimum atomic E-state index is -1.04. The Morgan fingerprint density at radius 3 is 2.75 bits per heavy atom. The van der Waals surface area contributed by atoms with E-state index in [1.165, 1.54) is 7.11 Å². The lowest BCUT2D eigenvalue weighted by molar-refractivity contribution is 0.0601. The standard InChI is InChI=1S/C18H18N2O4/c1-23-18(22)12-7-8-15-14(10-12)20-17(24-15)16(21)13(19)9-11-5-3-2-4-6-11/h2-8,10,13,16,21H,9,19H2,1H3. The van der Waals surface area contributed by atoms with Crippen molar-refractivity contribution in [2.75, 3.05) is 7.11 Å². The summed E-state index contributed by atoms with van der Waals surface area (Å²) in [5.41, 5.74) is 8.42. The van der Waals surface area contributed by atoms with Gasteiger partial charge in [0.15, 0.2) is 5.58 Å². The van der Waals surface area contributed by atoms with Crippen LogP contribution in [0, 0.1) is 0 Å². The number of aromatic nitrogens is 1. The molecule has 0 saturated carbocycles. The van der Waals surface area contributed by atoms with Gasteiger partial charge in [0.2, 0.25) is 5.89 Å². The van der Waals surface area contributed by atoms with E-state index in [4.69, 9.17) is 10.2 Å². The first-order chi connectivity index (χ1) is 11.6. The third kappa shape index (κ3) is 3.29. The summed E-state index contributed by atoms with van der Waals surface area (Å²) in [5, 5.41) is 10.4. The smallest absolute Gasteiger partial charge is 0.337 e. The molecule has 2 unspecified atom stereocenters. The molecule has 6 heteroatoms. The summed E-state index contributed by atoms with van der Waals surface area (Å²) < 4.78 is 10.2. The van der Waals surface area contributed by atoms with Crippen molar-refractivity contribution < 1.29 is 19.1 Å². The Bertz CT molecular complexity index is 845. The van der Waals surface area contributed by atoms with Gasteiger partial charge in [-0.25, -0.2) is 9.78 Å². The second kappa shape index (κ2) is 6.82. The van der Waals surface area contributed by atoms with Crippen molar-refractivity contribution in [2.24, 2.45) is 5.73 Å². The first kappa shape index (κ1) is 16.2. The Labute approximate surface area is 138 Å². The number of rotatable bonds is 5. The Morgan fingerprint density at radius 2 is 2.04 bits per heavy atom. The van der Waals surface area contributed by atoms with Crippen molar-refractivity contribution in [1.29, 1.82) is 0 Å². The zero-order valence-corrected chi connectivity index (χ0v) is 13.2. The molecule has 0 aliphatic heterocycles. The molecule has 2 atom stereocenters. The molecule has 3 rings (SSSR count). The number of nitrogens with two attached hydrogens (primary N) is 1. The van der Waals surface area contributed by atoms with Gasteiger partial charge >= 0.3 is 5.97 Å². The molecule has 0 aliphatic rings. The molecule has 0 saturated heterocycles. The van der Waals surface area contributed by atoms with Crippen LogP contribution in [0.4, 0.5) is 0 Å². The summed E-state index contributed by atoms with van der Waals surface area (Å²) in [6.07, 6.45) is -0.548. The number of methoxy groups -OCH3 is 1. The number of carbonyl (C=O) groups is 1. The van der Waals surface area contributed by atoms with Crippen LogP contribution < -0.4 is 5.73 Å². The molecule has 0 fully saturated rings. The third-order valence-electron chi connectivity index (χ3n) is 3.80. The lowest BCUT2D eigenvalue weighted by Gasteiger charge is -2.15. The number of esters is 1. The fraction of sp³-hybridized carbons (Fsp3) is 0.222. The molecule has 0 spiro atoms. The summed E-state index contributed by atoms with van der Waals surface area (Å²) in [7, 11) is 1.31. The largest absolute Gasteiger partial charge is 0.465 e. The number of oxazole rings is 1. The van der Waals surface area contributed by atoms with Gasteiger partial charge in [0.1, 0.15) is 11.6 Å². The lowest BCUT2D eigenvalue weighted by Crippen LogP contribution is -2.30. The molecule has 6 nitrogen and oxygen atoms in total. The van der Waals surface area contributed by atoms with E-state index >= 15 is 0 Å². The summed E-state index contributed by atoms with van der Waals surface area (Å²) in [6.45, 7) is 0. The van der Waals surface area contributed by atoms with Crippen molar-refractivity contribution in [3.05, 3.63) is 65.5 Å². The minimum Gasteiger partial charge on any atom is -0.465 e. The van der Waals surface area contributed by atoms with Gasteiger partial charge in [-0.15, -0.1) is 0 Å². The van der Waals surface area contributed by atoms with Crippen LogP contribution in [0.3, 0.4) is 0 Å². The monoisotopic (exact) mass is 326 g/mol. The van der Waals surface area contributed by atoms with E-state index in [1.54, 1.807) is 18.2 Å². The highest BCUT2D eigenvalue weighted by Crippen LogP contribution is 2.24. The van der Waals surface area contributed by atoms with E-state index in [-0.39, 0.29) is 5.89 Å². The third-order valence-corrected chi connectivity index (χ3v) is 3.80. The molecule has 3 aromatic rings. The summed E-state index contributed by atoms with van der Waals surface area (Å²) in [4.78, 5) is 15.8. The van der Waals surface area contributed by atoms with Gasteiger partial charge < -0.3 is 20.0 Å². The molecule has 3 N–H and O–H groups in total. The van der Waals surface area contributed by atoms with E-state index in [2.05, 4.69) is 9.72 Å². The van der Waals surface area contributed by atoms with Gasteiger partial charge in [0, 0.05) is 6.04 Å². The minimum absolute atomic E-state index is 0.135. The number of ether oxygens (including phenoxy) is 1. The van der Waals surface area contributed by atoms with Crippen LogP contribution in [0.5, 0.6) is 0 Å². The molecule has 0 bridgehead atoms. The molecule has 24 heavy (non-hydrogen) atoms. The van der Waals surface area contributed by atoms with Gasteiger partial charge in [-0.1, -0.05) is 30.3 Å². The van der Waals surface area contributed by atoms with Crippen molar-refractivity contribution >= 4 is 17.1 Å². The highest BCUT2D eigenvalue weighted by Gasteiger charge is 2.23. The fourth-order valence-electron chi connectivity index (χ4n) is 2.50. The zero-order chi connectivity index (χ0) is 17.1. The van der Waals surface area contributed by atoms with Crippen LogP contribution in [0.1, 0.15) is 27.9 Å². The Hall–Kier alpha value is -2.70. The Kier molecular flexibility index (Phi) is 4.59. The van der Waals surface area contributed by atoms with Crippen molar-refractivity contribution in [3.63, 3.8) is 0 Å². The van der Waals surface area contributed by atoms with Crippen molar-refractivity contribution in [2.45, 2.75) is 18.6 Å². The average Bonchev–Trinajstić information content (AvgIpc) is 3.04. The number of carbonyl (C=O) groups excluding carboxylic acids is 1. The lowest BCUT2D eigenvalue weighted by atomic mass is 10.0. The Morgan fingerprint density at radius 1 is 1.29 bits per heavy atom. The number of hydrogen-bond acceptors (Lipinski definition) is 6. The van der Waals surface area contributed by atoms with Crippen LogP contribution in [0.25, 0.3) is 11.1 Å². The predicted molar refractivity (Wildman–Crippen MR) is 88.4 cm³/mol. The number of nitrogens with zero attached hydrogens (tertiary/aromatic N) is 1. The molecule has 124 valence electrons. The molecule has 1 heterocycles. The molecule has 0 amide bonds. The molecular formula is C18H18N2O4. The maximum atomic E-state index is 11.6. The topological polar surface area (TPSA) is 98.6 Å². The van der Waals surface area contributed by atoms with E-state index in [0.29, 0.717) is 23.1 Å². The van der Waals surface area contributed by atoms with Crippen molar-refractivity contribution in [3.8, 4) is 0 Å². The number of aliphatic hydroxyl groups excluding tert-OH is 1. The maximum Gasteiger partial charge on any atom is 0.337 e. The van der Waals surface area contributed by atoms with Gasteiger partial charge in [-0.05, 0) is 30.2 Å². The number of benzene rings is 2. The molecule has 2 aromatic carbocycles. The van der Waals surface area contributed by atoms with E-state index in [9.17, 15) is 9.90 Å². The molecular weight excluding hydrogens is 308 g/mol. The fourth-order valence-corrected chi connectivity index (χ4v) is 2.50. The predicted octanol–water partition coefficient (Wildman–Crippen LogP) is 2.22. The number of aliphatic hydroxyl groups is 1. The second-order valence-electron chi connectivity index (χ2n) is 5.52. The highest BCUT2D eigenvalue weighted by atomic mass is 16.5. The SMILES string of the molecule is COC(=O)c1ccc2oc(C(O)C(N)Cc3ccccc3)nc2c1. The summed E-state index contributed by atoms with van der Waals surface area (Å²) >= 11 is 0. The second-order valence-corrected chi connectivity index (χ2v) is 5.52. The maximum absolute atomic E-state index is 11.6. The van der Waals surface area contributed by atoms with Crippen molar-refractivity contribution in [1.82, 2.24) is 4.98 Å². The van der Waals surface area contributed by atoms with E-state index in [1.807, 2.05) is 30.3 Å². The summed E-state index contributed by atoms with van der Waals surface area (Å²) in [5.74, 6) is -0.321. The van der Waals surface area contributed by atoms with Crippen LogP contribution in [0.15, 0.2) is 52.9 Å². The zero-order valence-electron chi connectivity index (χ0n) is 13.2. The average molecular weight is 326 g/mol. The van der Waals surface area contributed by atoms with Gasteiger partial charge in [0.25, 0.3) is 0 Å².